The summed E-state index contributed by atoms with van der Waals surface area (Å²) in [6.07, 6.45) is 5.11. The second-order valence-electron chi connectivity index (χ2n) is 7.66. The molecule has 1 aromatic carbocycles. The molecule has 0 radical (unpaired) electrons. The van der Waals surface area contributed by atoms with Crippen molar-refractivity contribution in [2.24, 2.45) is 5.92 Å². The quantitative estimate of drug-likeness (QED) is 0.851. The van der Waals surface area contributed by atoms with Crippen LogP contribution in [0, 0.1) is 5.92 Å². The smallest absolute Gasteiger partial charge is 0.0642 e. The molecule has 0 spiro atoms. The number of morpholine rings is 1. The van der Waals surface area contributed by atoms with Gasteiger partial charge >= 0.3 is 0 Å². The van der Waals surface area contributed by atoms with E-state index in [2.05, 4.69) is 57.5 Å². The number of ether oxygens (including phenoxy) is 1. The largest absolute Gasteiger partial charge is 0.378 e. The fourth-order valence-corrected chi connectivity index (χ4v) is 4.37. The normalized spacial score (nSPS) is 23.7. The van der Waals surface area contributed by atoms with Gasteiger partial charge in [-0.3, -0.25) is 9.88 Å². The van der Waals surface area contributed by atoms with Gasteiger partial charge in [-0.2, -0.15) is 0 Å². The number of anilines is 1. The van der Waals surface area contributed by atoms with Crippen molar-refractivity contribution in [3.63, 3.8) is 0 Å². The number of pyridine rings is 1. The monoisotopic (exact) mass is 366 g/mol. The average Bonchev–Trinajstić information content (AvgIpc) is 3.10. The van der Waals surface area contributed by atoms with E-state index in [1.165, 1.54) is 23.2 Å². The molecule has 1 N–H and O–H groups in total. The summed E-state index contributed by atoms with van der Waals surface area (Å²) in [6, 6.07) is 13.7. The summed E-state index contributed by atoms with van der Waals surface area (Å²) in [6.45, 7) is 6.75. The Morgan fingerprint density at radius 3 is 2.67 bits per heavy atom. The molecule has 2 atom stereocenters. The Morgan fingerprint density at radius 2 is 1.93 bits per heavy atom. The van der Waals surface area contributed by atoms with E-state index >= 15 is 0 Å². The third kappa shape index (κ3) is 4.49. The highest BCUT2D eigenvalue weighted by atomic mass is 16.5. The minimum Gasteiger partial charge on any atom is -0.378 e. The Kier molecular flexibility index (Phi) is 6.02. The Morgan fingerprint density at radius 1 is 1.11 bits per heavy atom. The minimum atomic E-state index is 0.467. The predicted octanol–water partition coefficient (Wildman–Crippen LogP) is 2.70. The van der Waals surface area contributed by atoms with Crippen LogP contribution in [0.3, 0.4) is 0 Å². The van der Waals surface area contributed by atoms with Gasteiger partial charge in [0, 0.05) is 50.3 Å². The van der Waals surface area contributed by atoms with E-state index in [0.717, 1.165) is 45.9 Å². The zero-order chi connectivity index (χ0) is 18.5. The van der Waals surface area contributed by atoms with E-state index in [1.54, 1.807) is 0 Å². The second kappa shape index (κ2) is 8.83. The molecular formula is C22H30N4O. The van der Waals surface area contributed by atoms with Gasteiger partial charge in [-0.1, -0.05) is 18.2 Å². The molecule has 2 fully saturated rings. The molecule has 5 nitrogen and oxygen atoms in total. The summed E-state index contributed by atoms with van der Waals surface area (Å²) in [5.41, 5.74) is 3.98. The molecule has 0 bridgehead atoms. The zero-order valence-corrected chi connectivity index (χ0v) is 16.2. The van der Waals surface area contributed by atoms with Crippen LogP contribution >= 0.6 is 0 Å². The number of hydrogen-bond acceptors (Lipinski definition) is 5. The van der Waals surface area contributed by atoms with Crippen molar-refractivity contribution < 1.29 is 4.74 Å². The predicted molar refractivity (Wildman–Crippen MR) is 109 cm³/mol. The van der Waals surface area contributed by atoms with E-state index in [9.17, 15) is 0 Å². The molecule has 1 aromatic heterocycles. The van der Waals surface area contributed by atoms with Crippen molar-refractivity contribution >= 4 is 5.69 Å². The number of benzene rings is 1. The molecule has 27 heavy (non-hydrogen) atoms. The van der Waals surface area contributed by atoms with E-state index in [-0.39, 0.29) is 0 Å². The molecule has 0 aliphatic carbocycles. The van der Waals surface area contributed by atoms with Gasteiger partial charge in [0.25, 0.3) is 0 Å². The van der Waals surface area contributed by atoms with Crippen molar-refractivity contribution in [1.29, 1.82) is 0 Å². The number of nitrogens with zero attached hydrogens (tertiary/aromatic N) is 3. The van der Waals surface area contributed by atoms with Crippen LogP contribution < -0.4 is 10.2 Å². The maximum atomic E-state index is 5.44. The van der Waals surface area contributed by atoms with Crippen LogP contribution in [0.2, 0.25) is 0 Å². The van der Waals surface area contributed by atoms with Crippen LogP contribution in [0.4, 0.5) is 5.69 Å². The molecule has 0 saturated carbocycles. The fraction of sp³-hybridized carbons (Fsp3) is 0.500. The SMILES string of the molecule is CN1CC[C@@H](CNCc2ccc(N3CCOCC3)cc2)[C@@H]1c1cccnc1. The molecule has 144 valence electrons. The summed E-state index contributed by atoms with van der Waals surface area (Å²) in [5, 5.41) is 3.68. The van der Waals surface area contributed by atoms with Gasteiger partial charge in [0.05, 0.1) is 13.2 Å². The number of rotatable bonds is 6. The first-order chi connectivity index (χ1) is 13.3. The first-order valence-corrected chi connectivity index (χ1v) is 10.0. The third-order valence-corrected chi connectivity index (χ3v) is 5.85. The standard InChI is InChI=1S/C22H30N4O/c1-25-10-8-20(22(25)19-3-2-9-23-16-19)17-24-15-18-4-6-21(7-5-18)26-11-13-27-14-12-26/h2-7,9,16,20,22,24H,8,10-15,17H2,1H3/t20-,22-/m0/s1. The molecule has 2 aromatic rings. The Bertz CT molecular complexity index is 700. The number of hydrogen-bond donors (Lipinski definition) is 1. The van der Waals surface area contributed by atoms with Crippen LogP contribution in [-0.2, 0) is 11.3 Å². The van der Waals surface area contributed by atoms with Crippen LogP contribution in [0.5, 0.6) is 0 Å². The average molecular weight is 367 g/mol. The Labute approximate surface area is 162 Å². The van der Waals surface area contributed by atoms with Crippen molar-refractivity contribution in [3.8, 4) is 0 Å². The number of likely N-dealkylation sites (tertiary alicyclic amines) is 1. The van der Waals surface area contributed by atoms with Crippen molar-refractivity contribution in [2.75, 3.05) is 51.3 Å². The third-order valence-electron chi connectivity index (χ3n) is 5.85. The minimum absolute atomic E-state index is 0.467. The summed E-state index contributed by atoms with van der Waals surface area (Å²) in [5.74, 6) is 0.631. The van der Waals surface area contributed by atoms with Crippen molar-refractivity contribution in [3.05, 3.63) is 59.9 Å². The molecule has 2 aliphatic heterocycles. The maximum Gasteiger partial charge on any atom is 0.0642 e. The van der Waals surface area contributed by atoms with Crippen molar-refractivity contribution in [1.82, 2.24) is 15.2 Å². The highest BCUT2D eigenvalue weighted by Gasteiger charge is 2.32. The molecule has 0 amide bonds. The van der Waals surface area contributed by atoms with Crippen LogP contribution in [-0.4, -0.2) is 56.3 Å². The fourth-order valence-electron chi connectivity index (χ4n) is 4.37. The van der Waals surface area contributed by atoms with E-state index in [0.29, 0.717) is 12.0 Å². The van der Waals surface area contributed by atoms with E-state index in [4.69, 9.17) is 4.74 Å². The number of aromatic nitrogens is 1. The van der Waals surface area contributed by atoms with Gasteiger partial charge in [-0.05, 0) is 55.3 Å². The van der Waals surface area contributed by atoms with Crippen LogP contribution in [0.15, 0.2) is 48.8 Å². The van der Waals surface area contributed by atoms with Crippen LogP contribution in [0.1, 0.15) is 23.6 Å². The highest BCUT2D eigenvalue weighted by molar-refractivity contribution is 5.47. The lowest BCUT2D eigenvalue weighted by atomic mass is 9.94. The van der Waals surface area contributed by atoms with Crippen molar-refractivity contribution in [2.45, 2.75) is 19.0 Å². The van der Waals surface area contributed by atoms with Gasteiger partial charge < -0.3 is 15.0 Å². The van der Waals surface area contributed by atoms with Crippen LogP contribution in [0.25, 0.3) is 0 Å². The Hall–Kier alpha value is -1.95. The maximum absolute atomic E-state index is 5.44. The summed E-state index contributed by atoms with van der Waals surface area (Å²) in [7, 11) is 2.22. The summed E-state index contributed by atoms with van der Waals surface area (Å²) >= 11 is 0. The Balaban J connectivity index is 1.30. The van der Waals surface area contributed by atoms with Gasteiger partial charge in [0.1, 0.15) is 0 Å². The molecule has 4 rings (SSSR count). The number of nitrogens with one attached hydrogen (secondary N) is 1. The molecule has 0 unspecified atom stereocenters. The first-order valence-electron chi connectivity index (χ1n) is 10.0. The summed E-state index contributed by atoms with van der Waals surface area (Å²) in [4.78, 5) is 9.17. The summed E-state index contributed by atoms with van der Waals surface area (Å²) < 4.78 is 5.44. The van der Waals surface area contributed by atoms with E-state index < -0.39 is 0 Å². The molecule has 5 heteroatoms. The first kappa shape index (κ1) is 18.4. The van der Waals surface area contributed by atoms with Gasteiger partial charge in [0.15, 0.2) is 0 Å². The van der Waals surface area contributed by atoms with Gasteiger partial charge in [-0.25, -0.2) is 0 Å². The molecule has 2 saturated heterocycles. The highest BCUT2D eigenvalue weighted by Crippen LogP contribution is 2.35. The molecule has 3 heterocycles. The van der Waals surface area contributed by atoms with Gasteiger partial charge in [0.2, 0.25) is 0 Å². The lowest BCUT2D eigenvalue weighted by molar-refractivity contribution is 0.122. The van der Waals surface area contributed by atoms with E-state index in [1.807, 2.05) is 18.5 Å². The molecular weight excluding hydrogens is 336 g/mol. The topological polar surface area (TPSA) is 40.6 Å². The zero-order valence-electron chi connectivity index (χ0n) is 16.2. The van der Waals surface area contributed by atoms with Gasteiger partial charge in [-0.15, -0.1) is 0 Å². The lowest BCUT2D eigenvalue weighted by Gasteiger charge is -2.29. The lowest BCUT2D eigenvalue weighted by Crippen LogP contribution is -2.36. The second-order valence-corrected chi connectivity index (χ2v) is 7.66. The molecule has 2 aliphatic rings.